The van der Waals surface area contributed by atoms with Crippen LogP contribution < -0.4 is 15.0 Å². The highest BCUT2D eigenvalue weighted by Crippen LogP contribution is 2.28. The standard InChI is InChI=1S/C23H28N2O3/c1-5-28-20-12-10-19(11-13-20)25-15-16(14-21(25)26)22(27)24-18-8-6-17(7-9-18)23(2,3)4/h6-13,16H,5,14-15H2,1-4H3,(H,24,27)/t16-/m1/s1. The molecule has 2 aromatic carbocycles. The number of carbonyl (C=O) groups is 2. The third-order valence-corrected chi connectivity index (χ3v) is 4.97. The number of nitrogens with zero attached hydrogens (tertiary/aromatic N) is 1. The summed E-state index contributed by atoms with van der Waals surface area (Å²) < 4.78 is 5.44. The molecule has 1 heterocycles. The van der Waals surface area contributed by atoms with E-state index in [1.54, 1.807) is 4.90 Å². The van der Waals surface area contributed by atoms with E-state index in [9.17, 15) is 9.59 Å². The van der Waals surface area contributed by atoms with Gasteiger partial charge in [-0.1, -0.05) is 32.9 Å². The minimum atomic E-state index is -0.360. The van der Waals surface area contributed by atoms with Gasteiger partial charge in [0.2, 0.25) is 11.8 Å². The Kier molecular flexibility index (Phi) is 5.73. The number of benzene rings is 2. The maximum atomic E-state index is 12.6. The molecule has 0 spiro atoms. The molecule has 1 fully saturated rings. The minimum absolute atomic E-state index is 0.0348. The zero-order chi connectivity index (χ0) is 20.3. The summed E-state index contributed by atoms with van der Waals surface area (Å²) in [5, 5.41) is 2.94. The Morgan fingerprint density at radius 2 is 1.75 bits per heavy atom. The van der Waals surface area contributed by atoms with Crippen molar-refractivity contribution >= 4 is 23.2 Å². The number of carbonyl (C=O) groups excluding carboxylic acids is 2. The summed E-state index contributed by atoms with van der Waals surface area (Å²) in [6, 6.07) is 15.3. The first kappa shape index (κ1) is 19.9. The Morgan fingerprint density at radius 1 is 1.11 bits per heavy atom. The van der Waals surface area contributed by atoms with Crippen LogP contribution in [-0.4, -0.2) is 25.0 Å². The molecule has 1 saturated heterocycles. The molecule has 1 aliphatic rings. The number of nitrogens with one attached hydrogen (secondary N) is 1. The van der Waals surface area contributed by atoms with Crippen molar-refractivity contribution in [2.75, 3.05) is 23.4 Å². The lowest BCUT2D eigenvalue weighted by molar-refractivity contribution is -0.122. The number of ether oxygens (including phenoxy) is 1. The number of hydrogen-bond donors (Lipinski definition) is 1. The average molecular weight is 380 g/mol. The fourth-order valence-electron chi connectivity index (χ4n) is 3.32. The van der Waals surface area contributed by atoms with Crippen LogP contribution in [-0.2, 0) is 15.0 Å². The molecule has 0 bridgehead atoms. The quantitative estimate of drug-likeness (QED) is 0.838. The van der Waals surface area contributed by atoms with Gasteiger partial charge in [-0.25, -0.2) is 0 Å². The van der Waals surface area contributed by atoms with Crippen molar-refractivity contribution in [1.29, 1.82) is 0 Å². The molecule has 28 heavy (non-hydrogen) atoms. The lowest BCUT2D eigenvalue weighted by Gasteiger charge is -2.19. The Hall–Kier alpha value is -2.82. The second kappa shape index (κ2) is 8.05. The molecule has 1 N–H and O–H groups in total. The molecule has 5 heteroatoms. The van der Waals surface area contributed by atoms with Gasteiger partial charge in [-0.3, -0.25) is 9.59 Å². The molecular formula is C23H28N2O3. The van der Waals surface area contributed by atoms with Gasteiger partial charge in [-0.05, 0) is 54.3 Å². The molecule has 1 atom stereocenters. The number of anilines is 2. The predicted molar refractivity (Wildman–Crippen MR) is 112 cm³/mol. The molecule has 0 aliphatic carbocycles. The van der Waals surface area contributed by atoms with Crippen molar-refractivity contribution in [2.24, 2.45) is 5.92 Å². The summed E-state index contributed by atoms with van der Waals surface area (Å²) in [6.07, 6.45) is 0.221. The molecule has 0 saturated carbocycles. The van der Waals surface area contributed by atoms with Gasteiger partial charge in [0.1, 0.15) is 5.75 Å². The number of amides is 2. The molecule has 1 aliphatic heterocycles. The van der Waals surface area contributed by atoms with Gasteiger partial charge in [0.15, 0.2) is 0 Å². The van der Waals surface area contributed by atoms with Crippen LogP contribution in [0.3, 0.4) is 0 Å². The van der Waals surface area contributed by atoms with Crippen LogP contribution in [0.25, 0.3) is 0 Å². The van der Waals surface area contributed by atoms with Gasteiger partial charge in [0, 0.05) is 24.3 Å². The van der Waals surface area contributed by atoms with Crippen molar-refractivity contribution in [3.8, 4) is 5.75 Å². The smallest absolute Gasteiger partial charge is 0.229 e. The van der Waals surface area contributed by atoms with Crippen LogP contribution >= 0.6 is 0 Å². The lowest BCUT2D eigenvalue weighted by Crippen LogP contribution is -2.28. The van der Waals surface area contributed by atoms with Crippen molar-refractivity contribution < 1.29 is 14.3 Å². The van der Waals surface area contributed by atoms with E-state index in [-0.39, 0.29) is 29.6 Å². The topological polar surface area (TPSA) is 58.6 Å². The van der Waals surface area contributed by atoms with Crippen molar-refractivity contribution in [2.45, 2.75) is 39.5 Å². The molecule has 0 radical (unpaired) electrons. The maximum Gasteiger partial charge on any atom is 0.229 e. The molecule has 2 amide bonds. The first-order valence-electron chi connectivity index (χ1n) is 9.72. The molecular weight excluding hydrogens is 352 g/mol. The molecule has 0 unspecified atom stereocenters. The van der Waals surface area contributed by atoms with Crippen LogP contribution in [0.2, 0.25) is 0 Å². The van der Waals surface area contributed by atoms with E-state index in [4.69, 9.17) is 4.74 Å². The first-order chi connectivity index (χ1) is 13.3. The van der Waals surface area contributed by atoms with Crippen molar-refractivity contribution in [1.82, 2.24) is 0 Å². The summed E-state index contributed by atoms with van der Waals surface area (Å²) in [5.74, 6) is 0.255. The van der Waals surface area contributed by atoms with Crippen LogP contribution in [0.5, 0.6) is 5.75 Å². The molecule has 5 nitrogen and oxygen atoms in total. The van der Waals surface area contributed by atoms with E-state index < -0.39 is 0 Å². The summed E-state index contributed by atoms with van der Waals surface area (Å²) >= 11 is 0. The van der Waals surface area contributed by atoms with E-state index in [2.05, 4.69) is 26.1 Å². The third kappa shape index (κ3) is 4.53. The highest BCUT2D eigenvalue weighted by molar-refractivity contribution is 6.03. The van der Waals surface area contributed by atoms with Gasteiger partial charge < -0.3 is 15.0 Å². The second-order valence-corrected chi connectivity index (χ2v) is 8.15. The Balaban J connectivity index is 1.63. The summed E-state index contributed by atoms with van der Waals surface area (Å²) in [6.45, 7) is 9.37. The van der Waals surface area contributed by atoms with Crippen molar-refractivity contribution in [3.63, 3.8) is 0 Å². The van der Waals surface area contributed by atoms with Crippen LogP contribution in [0.1, 0.15) is 39.7 Å². The predicted octanol–water partition coefficient (Wildman–Crippen LogP) is 4.37. The van der Waals surface area contributed by atoms with Gasteiger partial charge in [0.25, 0.3) is 0 Å². The molecule has 0 aromatic heterocycles. The Bertz CT molecular complexity index is 836. The summed E-state index contributed by atoms with van der Waals surface area (Å²) in [5.41, 5.74) is 2.82. The highest BCUT2D eigenvalue weighted by atomic mass is 16.5. The van der Waals surface area contributed by atoms with Crippen LogP contribution in [0, 0.1) is 5.92 Å². The van der Waals surface area contributed by atoms with Crippen molar-refractivity contribution in [3.05, 3.63) is 54.1 Å². The zero-order valence-corrected chi connectivity index (χ0v) is 17.0. The van der Waals surface area contributed by atoms with Gasteiger partial charge in [-0.15, -0.1) is 0 Å². The Labute approximate surface area is 166 Å². The van der Waals surface area contributed by atoms with E-state index in [1.807, 2.05) is 55.5 Å². The van der Waals surface area contributed by atoms with E-state index >= 15 is 0 Å². The molecule has 2 aromatic rings. The van der Waals surface area contributed by atoms with Crippen LogP contribution in [0.15, 0.2) is 48.5 Å². The number of rotatable bonds is 5. The van der Waals surface area contributed by atoms with Crippen LogP contribution in [0.4, 0.5) is 11.4 Å². The van der Waals surface area contributed by atoms with Gasteiger partial charge in [-0.2, -0.15) is 0 Å². The largest absolute Gasteiger partial charge is 0.494 e. The normalized spacial score (nSPS) is 16.9. The SMILES string of the molecule is CCOc1ccc(N2C[C@H](C(=O)Nc3ccc(C(C)(C)C)cc3)CC2=O)cc1. The zero-order valence-electron chi connectivity index (χ0n) is 17.0. The van der Waals surface area contributed by atoms with Gasteiger partial charge >= 0.3 is 0 Å². The summed E-state index contributed by atoms with van der Waals surface area (Å²) in [7, 11) is 0. The van der Waals surface area contributed by atoms with E-state index in [0.717, 1.165) is 17.1 Å². The fraction of sp³-hybridized carbons (Fsp3) is 0.391. The highest BCUT2D eigenvalue weighted by Gasteiger charge is 2.35. The lowest BCUT2D eigenvalue weighted by atomic mass is 9.87. The second-order valence-electron chi connectivity index (χ2n) is 8.15. The van der Waals surface area contributed by atoms with Gasteiger partial charge in [0.05, 0.1) is 12.5 Å². The molecule has 3 rings (SSSR count). The van der Waals surface area contributed by atoms with E-state index in [1.165, 1.54) is 5.56 Å². The fourth-order valence-corrected chi connectivity index (χ4v) is 3.32. The maximum absolute atomic E-state index is 12.6. The Morgan fingerprint density at radius 3 is 2.32 bits per heavy atom. The molecule has 148 valence electrons. The monoisotopic (exact) mass is 380 g/mol. The summed E-state index contributed by atoms with van der Waals surface area (Å²) in [4.78, 5) is 26.7. The third-order valence-electron chi connectivity index (χ3n) is 4.97. The average Bonchev–Trinajstić information content (AvgIpc) is 3.04. The number of hydrogen-bond acceptors (Lipinski definition) is 3. The first-order valence-corrected chi connectivity index (χ1v) is 9.72. The van der Waals surface area contributed by atoms with E-state index in [0.29, 0.717) is 13.2 Å². The minimum Gasteiger partial charge on any atom is -0.494 e.